The molecule has 7 heteroatoms. The molecule has 4 rings (SSSR count). The van der Waals surface area contributed by atoms with Gasteiger partial charge in [-0.3, -0.25) is 9.59 Å². The van der Waals surface area contributed by atoms with Gasteiger partial charge < -0.3 is 10.6 Å². The second-order valence-electron chi connectivity index (χ2n) is 7.56. The molecule has 0 atom stereocenters. The van der Waals surface area contributed by atoms with Gasteiger partial charge in [0.25, 0.3) is 11.8 Å². The molecule has 0 saturated heterocycles. The molecule has 2 amide bonds. The highest BCUT2D eigenvalue weighted by atomic mass is 35.5. The first-order chi connectivity index (χ1) is 14.9. The van der Waals surface area contributed by atoms with Crippen LogP contribution in [0.3, 0.4) is 0 Å². The molecular formula is C24H19Cl3N2O2. The van der Waals surface area contributed by atoms with E-state index >= 15 is 0 Å². The average Bonchev–Trinajstić information content (AvgIpc) is 2.73. The van der Waals surface area contributed by atoms with Gasteiger partial charge in [-0.2, -0.15) is 0 Å². The molecule has 1 aliphatic rings. The molecule has 0 aromatic heterocycles. The molecule has 31 heavy (non-hydrogen) atoms. The highest BCUT2D eigenvalue weighted by molar-refractivity contribution is 6.42. The average molecular weight is 474 g/mol. The summed E-state index contributed by atoms with van der Waals surface area (Å²) in [7, 11) is 0. The van der Waals surface area contributed by atoms with Crippen LogP contribution in [-0.2, 0) is 5.54 Å². The third-order valence-electron chi connectivity index (χ3n) is 5.52. The van der Waals surface area contributed by atoms with E-state index in [4.69, 9.17) is 34.8 Å². The maximum Gasteiger partial charge on any atom is 0.255 e. The minimum Gasteiger partial charge on any atom is -0.343 e. The SMILES string of the molecule is O=C(Nc1ccc(C2(NC(=O)c3ccc(Cl)c(Cl)c3)CCC2)cc1)c1cccc(Cl)c1. The fourth-order valence-electron chi connectivity index (χ4n) is 3.65. The second-order valence-corrected chi connectivity index (χ2v) is 8.81. The Morgan fingerprint density at radius 2 is 1.48 bits per heavy atom. The molecule has 0 bridgehead atoms. The molecular weight excluding hydrogens is 455 g/mol. The zero-order chi connectivity index (χ0) is 22.0. The number of carbonyl (C=O) groups is 2. The number of nitrogens with one attached hydrogen (secondary N) is 2. The molecule has 0 radical (unpaired) electrons. The van der Waals surface area contributed by atoms with Gasteiger partial charge in [0.15, 0.2) is 0 Å². The molecule has 2 N–H and O–H groups in total. The Labute approximate surface area is 195 Å². The van der Waals surface area contributed by atoms with Crippen molar-refractivity contribution < 1.29 is 9.59 Å². The van der Waals surface area contributed by atoms with E-state index in [0.717, 1.165) is 24.8 Å². The number of amides is 2. The smallest absolute Gasteiger partial charge is 0.255 e. The summed E-state index contributed by atoms with van der Waals surface area (Å²) in [6.07, 6.45) is 2.71. The van der Waals surface area contributed by atoms with Gasteiger partial charge in [0.05, 0.1) is 15.6 Å². The Kier molecular flexibility index (Phi) is 6.24. The summed E-state index contributed by atoms with van der Waals surface area (Å²) in [4.78, 5) is 25.2. The third kappa shape index (κ3) is 4.72. The van der Waals surface area contributed by atoms with Gasteiger partial charge in [0.1, 0.15) is 0 Å². The van der Waals surface area contributed by atoms with Crippen LogP contribution in [0.15, 0.2) is 66.7 Å². The predicted octanol–water partition coefficient (Wildman–Crippen LogP) is 6.71. The zero-order valence-electron chi connectivity index (χ0n) is 16.4. The zero-order valence-corrected chi connectivity index (χ0v) is 18.7. The van der Waals surface area contributed by atoms with Crippen molar-refractivity contribution in [2.24, 2.45) is 0 Å². The van der Waals surface area contributed by atoms with Crippen LogP contribution in [0.5, 0.6) is 0 Å². The van der Waals surface area contributed by atoms with Crippen molar-refractivity contribution in [2.75, 3.05) is 5.32 Å². The van der Waals surface area contributed by atoms with Crippen molar-refractivity contribution in [3.63, 3.8) is 0 Å². The van der Waals surface area contributed by atoms with E-state index in [9.17, 15) is 9.59 Å². The molecule has 0 spiro atoms. The van der Waals surface area contributed by atoms with E-state index in [0.29, 0.717) is 31.9 Å². The van der Waals surface area contributed by atoms with Crippen LogP contribution < -0.4 is 10.6 Å². The second kappa shape index (κ2) is 8.91. The fourth-order valence-corrected chi connectivity index (χ4v) is 4.14. The van der Waals surface area contributed by atoms with Gasteiger partial charge in [-0.1, -0.05) is 53.0 Å². The number of halogens is 3. The van der Waals surface area contributed by atoms with E-state index < -0.39 is 5.54 Å². The molecule has 1 fully saturated rings. The van der Waals surface area contributed by atoms with Gasteiger partial charge in [-0.15, -0.1) is 0 Å². The summed E-state index contributed by atoms with van der Waals surface area (Å²) < 4.78 is 0. The standard InChI is InChI=1S/C24H19Cl3N2O2/c25-18-4-1-3-15(13-18)22(30)28-19-8-6-17(7-9-19)24(11-2-12-24)29-23(31)16-5-10-20(26)21(27)14-16/h1,3-10,13-14H,2,11-12H2,(H,28,30)(H,29,31). The lowest BCUT2D eigenvalue weighted by Crippen LogP contribution is -2.50. The first kappa shape index (κ1) is 21.7. The molecule has 0 heterocycles. The maximum absolute atomic E-state index is 12.8. The quantitative estimate of drug-likeness (QED) is 0.433. The molecule has 0 unspecified atom stereocenters. The lowest BCUT2D eigenvalue weighted by atomic mass is 9.71. The fraction of sp³-hybridized carbons (Fsp3) is 0.167. The number of carbonyl (C=O) groups excluding carboxylic acids is 2. The van der Waals surface area contributed by atoms with Crippen LogP contribution in [0.25, 0.3) is 0 Å². The topological polar surface area (TPSA) is 58.2 Å². The van der Waals surface area contributed by atoms with Gasteiger partial charge in [-0.25, -0.2) is 0 Å². The first-order valence-corrected chi connectivity index (χ1v) is 10.9. The maximum atomic E-state index is 12.8. The largest absolute Gasteiger partial charge is 0.343 e. The van der Waals surface area contributed by atoms with Crippen molar-refractivity contribution in [1.82, 2.24) is 5.32 Å². The Morgan fingerprint density at radius 1 is 0.774 bits per heavy atom. The molecule has 3 aromatic carbocycles. The van der Waals surface area contributed by atoms with Crippen molar-refractivity contribution in [3.05, 3.63) is 98.5 Å². The summed E-state index contributed by atoms with van der Waals surface area (Å²) in [5.74, 6) is -0.432. The molecule has 0 aliphatic heterocycles. The lowest BCUT2D eigenvalue weighted by Gasteiger charge is -2.43. The van der Waals surface area contributed by atoms with Crippen LogP contribution in [0.1, 0.15) is 45.5 Å². The van der Waals surface area contributed by atoms with E-state index in [1.807, 2.05) is 24.3 Å². The third-order valence-corrected chi connectivity index (χ3v) is 6.50. The highest BCUT2D eigenvalue weighted by Crippen LogP contribution is 2.42. The number of benzene rings is 3. The van der Waals surface area contributed by atoms with Crippen LogP contribution in [-0.4, -0.2) is 11.8 Å². The van der Waals surface area contributed by atoms with Crippen molar-refractivity contribution in [1.29, 1.82) is 0 Å². The van der Waals surface area contributed by atoms with Gasteiger partial charge in [0.2, 0.25) is 0 Å². The van der Waals surface area contributed by atoms with Crippen LogP contribution in [0, 0.1) is 0 Å². The summed E-state index contributed by atoms with van der Waals surface area (Å²) in [6.45, 7) is 0. The minimum atomic E-state index is -0.432. The normalized spacial score (nSPS) is 14.4. The van der Waals surface area contributed by atoms with Crippen LogP contribution in [0.2, 0.25) is 15.1 Å². The van der Waals surface area contributed by atoms with E-state index in [-0.39, 0.29) is 11.8 Å². The molecule has 3 aromatic rings. The van der Waals surface area contributed by atoms with Crippen LogP contribution >= 0.6 is 34.8 Å². The summed E-state index contributed by atoms with van der Waals surface area (Å²) in [5.41, 5.74) is 2.18. The van der Waals surface area contributed by atoms with E-state index in [1.165, 1.54) is 0 Å². The van der Waals surface area contributed by atoms with Crippen molar-refractivity contribution in [3.8, 4) is 0 Å². The molecule has 4 nitrogen and oxygen atoms in total. The van der Waals surface area contributed by atoms with Gasteiger partial charge in [-0.05, 0) is 73.4 Å². The van der Waals surface area contributed by atoms with E-state index in [2.05, 4.69) is 10.6 Å². The van der Waals surface area contributed by atoms with Crippen LogP contribution in [0.4, 0.5) is 5.69 Å². The Balaban J connectivity index is 1.48. The number of hydrogen-bond acceptors (Lipinski definition) is 2. The molecule has 1 aliphatic carbocycles. The summed E-state index contributed by atoms with van der Waals surface area (Å²) in [6, 6.07) is 19.2. The summed E-state index contributed by atoms with van der Waals surface area (Å²) in [5, 5.41) is 7.29. The van der Waals surface area contributed by atoms with E-state index in [1.54, 1.807) is 42.5 Å². The lowest BCUT2D eigenvalue weighted by molar-refractivity contribution is 0.0823. The van der Waals surface area contributed by atoms with Crippen molar-refractivity contribution >= 4 is 52.3 Å². The van der Waals surface area contributed by atoms with Crippen molar-refractivity contribution in [2.45, 2.75) is 24.8 Å². The number of anilines is 1. The monoisotopic (exact) mass is 472 g/mol. The number of rotatable bonds is 5. The molecule has 158 valence electrons. The first-order valence-electron chi connectivity index (χ1n) is 9.81. The Bertz CT molecular complexity index is 1140. The van der Waals surface area contributed by atoms with Gasteiger partial charge in [0, 0.05) is 21.8 Å². The predicted molar refractivity (Wildman–Crippen MR) is 125 cm³/mol. The Hall–Kier alpha value is -2.53. The highest BCUT2D eigenvalue weighted by Gasteiger charge is 2.40. The Morgan fingerprint density at radius 3 is 2.10 bits per heavy atom. The summed E-state index contributed by atoms with van der Waals surface area (Å²) >= 11 is 18.0. The molecule has 1 saturated carbocycles. The minimum absolute atomic E-state index is 0.198. The van der Waals surface area contributed by atoms with Gasteiger partial charge >= 0.3 is 0 Å². The number of hydrogen-bond donors (Lipinski definition) is 2.